The number of nitrogens with one attached hydrogen (secondary N) is 1. The molecule has 142 valence electrons. The third-order valence-electron chi connectivity index (χ3n) is 4.64. The molecule has 0 spiro atoms. The largest absolute Gasteiger partial charge is 0.483 e. The number of nitrogens with zero attached hydrogens (tertiary/aromatic N) is 4. The zero-order valence-electron chi connectivity index (χ0n) is 15.1. The molecule has 0 fully saturated rings. The second-order valence-corrected chi connectivity index (χ2v) is 6.45. The van der Waals surface area contributed by atoms with Crippen molar-refractivity contribution in [3.63, 3.8) is 0 Å². The molecular formula is C21H15N5O3. The van der Waals surface area contributed by atoms with Crippen LogP contribution >= 0.6 is 0 Å². The number of amides is 1. The van der Waals surface area contributed by atoms with Gasteiger partial charge in [-0.25, -0.2) is 14.2 Å². The van der Waals surface area contributed by atoms with Crippen LogP contribution in [-0.2, 0) is 4.79 Å². The van der Waals surface area contributed by atoms with Gasteiger partial charge in [0.15, 0.2) is 12.3 Å². The first-order valence-electron chi connectivity index (χ1n) is 8.95. The zero-order valence-corrected chi connectivity index (χ0v) is 15.1. The lowest BCUT2D eigenvalue weighted by molar-refractivity contribution is -0.119. The van der Waals surface area contributed by atoms with Gasteiger partial charge in [-0.1, -0.05) is 36.4 Å². The van der Waals surface area contributed by atoms with Crippen LogP contribution in [0.25, 0.3) is 27.3 Å². The Morgan fingerprint density at radius 2 is 1.90 bits per heavy atom. The predicted octanol–water partition coefficient (Wildman–Crippen LogP) is 2.35. The number of carbonyl (C=O) groups is 1. The Kier molecular flexibility index (Phi) is 3.94. The Labute approximate surface area is 163 Å². The topological polar surface area (TPSA) is 90.5 Å². The molecule has 5 aromatic rings. The van der Waals surface area contributed by atoms with E-state index >= 15 is 0 Å². The van der Waals surface area contributed by atoms with Gasteiger partial charge in [-0.3, -0.25) is 15.0 Å². The molecule has 8 heteroatoms. The SMILES string of the molecule is O=C(COc1cccc2ccccc12)Nn1ccc2c(cnc3ccnn32)c1=O. The van der Waals surface area contributed by atoms with Crippen LogP contribution in [0.1, 0.15) is 0 Å². The number of rotatable bonds is 4. The number of benzene rings is 2. The van der Waals surface area contributed by atoms with E-state index in [2.05, 4.69) is 15.5 Å². The lowest BCUT2D eigenvalue weighted by Gasteiger charge is -2.11. The molecule has 1 N–H and O–H groups in total. The highest BCUT2D eigenvalue weighted by molar-refractivity contribution is 5.89. The van der Waals surface area contributed by atoms with E-state index in [0.29, 0.717) is 22.3 Å². The van der Waals surface area contributed by atoms with Crippen molar-refractivity contribution in [3.05, 3.63) is 83.5 Å². The molecule has 1 amide bonds. The standard InChI is InChI=1S/C21H15N5O3/c27-20(13-29-18-7-3-5-14-4-1-2-6-15(14)18)24-25-11-9-17-16(21(25)28)12-22-19-8-10-23-26(17)19/h1-12H,13H2,(H,24,27). The molecular weight excluding hydrogens is 370 g/mol. The van der Waals surface area contributed by atoms with Crippen LogP contribution in [0.4, 0.5) is 0 Å². The number of ether oxygens (including phenoxy) is 1. The maximum Gasteiger partial charge on any atom is 0.280 e. The van der Waals surface area contributed by atoms with Crippen LogP contribution in [-0.4, -0.2) is 31.8 Å². The maximum atomic E-state index is 12.7. The Balaban J connectivity index is 1.38. The average Bonchev–Trinajstić information content (AvgIpc) is 3.23. The first-order chi connectivity index (χ1) is 14.2. The highest BCUT2D eigenvalue weighted by Gasteiger charge is 2.11. The molecule has 0 radical (unpaired) electrons. The molecule has 8 nitrogen and oxygen atoms in total. The van der Waals surface area contributed by atoms with Gasteiger partial charge in [-0.15, -0.1) is 0 Å². The summed E-state index contributed by atoms with van der Waals surface area (Å²) in [4.78, 5) is 29.3. The molecule has 2 aromatic carbocycles. The predicted molar refractivity (Wildman–Crippen MR) is 109 cm³/mol. The minimum Gasteiger partial charge on any atom is -0.483 e. The monoisotopic (exact) mass is 385 g/mol. The van der Waals surface area contributed by atoms with E-state index in [1.165, 1.54) is 12.4 Å². The second kappa shape index (κ2) is 6.75. The van der Waals surface area contributed by atoms with Crippen molar-refractivity contribution in [1.29, 1.82) is 0 Å². The Hall–Kier alpha value is -4.20. The number of carbonyl (C=O) groups excluding carboxylic acids is 1. The van der Waals surface area contributed by atoms with E-state index in [0.717, 1.165) is 15.4 Å². The minimum absolute atomic E-state index is 0.227. The van der Waals surface area contributed by atoms with Gasteiger partial charge in [0.2, 0.25) is 0 Å². The highest BCUT2D eigenvalue weighted by Crippen LogP contribution is 2.24. The number of hydrogen-bond acceptors (Lipinski definition) is 5. The fourth-order valence-corrected chi connectivity index (χ4v) is 3.28. The summed E-state index contributed by atoms with van der Waals surface area (Å²) in [5.74, 6) is 0.155. The molecule has 0 saturated carbocycles. The lowest BCUT2D eigenvalue weighted by atomic mass is 10.1. The van der Waals surface area contributed by atoms with Crippen molar-refractivity contribution < 1.29 is 9.53 Å². The number of pyridine rings is 1. The summed E-state index contributed by atoms with van der Waals surface area (Å²) in [5.41, 5.74) is 3.40. The van der Waals surface area contributed by atoms with Crippen LogP contribution < -0.4 is 15.7 Å². The molecule has 0 bridgehead atoms. The van der Waals surface area contributed by atoms with Crippen molar-refractivity contribution in [1.82, 2.24) is 19.3 Å². The van der Waals surface area contributed by atoms with E-state index in [9.17, 15) is 9.59 Å². The van der Waals surface area contributed by atoms with Crippen molar-refractivity contribution in [2.24, 2.45) is 0 Å². The fraction of sp³-hybridized carbons (Fsp3) is 0.0476. The van der Waals surface area contributed by atoms with Gasteiger partial charge < -0.3 is 4.74 Å². The van der Waals surface area contributed by atoms with Crippen molar-refractivity contribution in [2.75, 3.05) is 12.0 Å². The quantitative estimate of drug-likeness (QED) is 0.513. The second-order valence-electron chi connectivity index (χ2n) is 6.45. The normalized spacial score (nSPS) is 11.2. The van der Waals surface area contributed by atoms with Gasteiger partial charge >= 0.3 is 0 Å². The van der Waals surface area contributed by atoms with E-state index in [4.69, 9.17) is 4.74 Å². The lowest BCUT2D eigenvalue weighted by Crippen LogP contribution is -2.35. The summed E-state index contributed by atoms with van der Waals surface area (Å²) in [6.45, 7) is -0.227. The van der Waals surface area contributed by atoms with E-state index in [-0.39, 0.29) is 6.61 Å². The van der Waals surface area contributed by atoms with Crippen LogP contribution in [0.15, 0.2) is 78.0 Å². The molecule has 29 heavy (non-hydrogen) atoms. The van der Waals surface area contributed by atoms with E-state index < -0.39 is 11.5 Å². The van der Waals surface area contributed by atoms with Gasteiger partial charge in [0.1, 0.15) is 5.75 Å². The third kappa shape index (κ3) is 2.96. The van der Waals surface area contributed by atoms with Gasteiger partial charge in [0.05, 0.1) is 17.1 Å². The maximum absolute atomic E-state index is 12.7. The molecule has 0 aliphatic carbocycles. The van der Waals surface area contributed by atoms with Gasteiger partial charge in [-0.2, -0.15) is 5.10 Å². The van der Waals surface area contributed by atoms with Crippen LogP contribution in [0.5, 0.6) is 5.75 Å². The molecule has 0 aliphatic heterocycles. The van der Waals surface area contributed by atoms with E-state index in [1.807, 2.05) is 36.4 Å². The molecule has 0 atom stereocenters. The van der Waals surface area contributed by atoms with Crippen molar-refractivity contribution in [3.8, 4) is 5.75 Å². The Morgan fingerprint density at radius 1 is 1.03 bits per heavy atom. The summed E-state index contributed by atoms with van der Waals surface area (Å²) >= 11 is 0. The first-order valence-corrected chi connectivity index (χ1v) is 8.95. The summed E-state index contributed by atoms with van der Waals surface area (Å²) in [6.07, 6.45) is 4.57. The summed E-state index contributed by atoms with van der Waals surface area (Å²) < 4.78 is 8.37. The Morgan fingerprint density at radius 3 is 2.83 bits per heavy atom. The molecule has 5 rings (SSSR count). The molecule has 0 aliphatic rings. The summed E-state index contributed by atoms with van der Waals surface area (Å²) in [7, 11) is 0. The van der Waals surface area contributed by atoms with E-state index in [1.54, 1.807) is 28.9 Å². The van der Waals surface area contributed by atoms with Crippen molar-refractivity contribution in [2.45, 2.75) is 0 Å². The first kappa shape index (κ1) is 16.9. The average molecular weight is 385 g/mol. The van der Waals surface area contributed by atoms with Gasteiger partial charge in [-0.05, 0) is 17.5 Å². The van der Waals surface area contributed by atoms with Gasteiger partial charge in [0, 0.05) is 23.8 Å². The number of fused-ring (bicyclic) bond motifs is 4. The fourth-order valence-electron chi connectivity index (χ4n) is 3.28. The summed E-state index contributed by atoms with van der Waals surface area (Å²) in [5, 5.41) is 6.45. The zero-order chi connectivity index (χ0) is 19.8. The van der Waals surface area contributed by atoms with Crippen LogP contribution in [0, 0.1) is 0 Å². The van der Waals surface area contributed by atoms with Crippen LogP contribution in [0.3, 0.4) is 0 Å². The van der Waals surface area contributed by atoms with Crippen LogP contribution in [0.2, 0.25) is 0 Å². The number of hydrogen-bond donors (Lipinski definition) is 1. The smallest absolute Gasteiger partial charge is 0.280 e. The number of aromatic nitrogens is 4. The molecule has 0 saturated heterocycles. The highest BCUT2D eigenvalue weighted by atomic mass is 16.5. The minimum atomic E-state index is -0.451. The summed E-state index contributed by atoms with van der Waals surface area (Å²) in [6, 6.07) is 16.8. The molecule has 3 heterocycles. The van der Waals surface area contributed by atoms with Gasteiger partial charge in [0.25, 0.3) is 11.5 Å². The molecule has 3 aromatic heterocycles. The van der Waals surface area contributed by atoms with Crippen molar-refractivity contribution >= 4 is 33.2 Å². The molecule has 0 unspecified atom stereocenters. The Bertz CT molecular complexity index is 1430. The third-order valence-corrected chi connectivity index (χ3v) is 4.64.